The van der Waals surface area contributed by atoms with Crippen molar-refractivity contribution in [3.05, 3.63) is 53.9 Å². The highest BCUT2D eigenvalue weighted by molar-refractivity contribution is 5.91. The first-order valence-corrected chi connectivity index (χ1v) is 6.29. The summed E-state index contributed by atoms with van der Waals surface area (Å²) < 4.78 is 5.59. The van der Waals surface area contributed by atoms with Crippen LogP contribution in [0.4, 0.5) is 0 Å². The van der Waals surface area contributed by atoms with Crippen molar-refractivity contribution in [2.45, 2.75) is 12.8 Å². The number of aromatic nitrogens is 1. The number of nitrogens with two attached hydrogens (primary N) is 1. The van der Waals surface area contributed by atoms with E-state index in [0.717, 1.165) is 5.56 Å². The maximum Gasteiger partial charge on any atom is 0.303 e. The van der Waals surface area contributed by atoms with Gasteiger partial charge in [0.05, 0.1) is 0 Å². The largest absolute Gasteiger partial charge is 0.481 e. The molecule has 2 rings (SSSR count). The van der Waals surface area contributed by atoms with E-state index in [9.17, 15) is 9.59 Å². The quantitative estimate of drug-likeness (QED) is 0.845. The Bertz CT molecular complexity index is 653. The number of aliphatic carboxylic acids is 1. The molecule has 6 nitrogen and oxygen atoms in total. The number of ether oxygens (including phenoxy) is 1. The Hall–Kier alpha value is -2.89. The van der Waals surface area contributed by atoms with Crippen LogP contribution in [0.2, 0.25) is 0 Å². The van der Waals surface area contributed by atoms with Gasteiger partial charge in [0.15, 0.2) is 0 Å². The van der Waals surface area contributed by atoms with Crippen LogP contribution < -0.4 is 10.5 Å². The summed E-state index contributed by atoms with van der Waals surface area (Å²) in [6.07, 6.45) is 2.00. The maximum absolute atomic E-state index is 11.0. The summed E-state index contributed by atoms with van der Waals surface area (Å²) >= 11 is 0. The molecule has 3 N–H and O–H groups in total. The minimum Gasteiger partial charge on any atom is -0.481 e. The van der Waals surface area contributed by atoms with Crippen LogP contribution in [0.15, 0.2) is 42.6 Å². The number of carboxylic acid groups (broad SMARTS) is 1. The lowest BCUT2D eigenvalue weighted by atomic mass is 10.1. The summed E-state index contributed by atoms with van der Waals surface area (Å²) in [4.78, 5) is 25.4. The fourth-order valence-electron chi connectivity index (χ4n) is 1.72. The molecule has 1 amide bonds. The molecule has 2 aromatic rings. The third-order valence-electron chi connectivity index (χ3n) is 2.77. The number of primary amides is 1. The van der Waals surface area contributed by atoms with E-state index < -0.39 is 11.9 Å². The van der Waals surface area contributed by atoms with Crippen molar-refractivity contribution in [2.75, 3.05) is 0 Å². The molecule has 0 unspecified atom stereocenters. The number of carbonyl (C=O) groups excluding carboxylic acids is 1. The Morgan fingerprint density at radius 2 is 1.86 bits per heavy atom. The van der Waals surface area contributed by atoms with Gasteiger partial charge in [-0.2, -0.15) is 0 Å². The number of nitrogens with zero attached hydrogens (tertiary/aromatic N) is 1. The summed E-state index contributed by atoms with van der Waals surface area (Å²) in [5.41, 5.74) is 6.19. The molecule has 0 bridgehead atoms. The average molecular weight is 286 g/mol. The summed E-state index contributed by atoms with van der Waals surface area (Å²) in [5, 5.41) is 8.63. The molecular weight excluding hydrogens is 272 g/mol. The second-order valence-electron chi connectivity index (χ2n) is 4.38. The maximum atomic E-state index is 11.0. The Morgan fingerprint density at radius 3 is 2.48 bits per heavy atom. The van der Waals surface area contributed by atoms with Gasteiger partial charge in [-0.3, -0.25) is 14.6 Å². The smallest absolute Gasteiger partial charge is 0.303 e. The van der Waals surface area contributed by atoms with Crippen LogP contribution in [0.1, 0.15) is 22.5 Å². The molecule has 0 spiro atoms. The van der Waals surface area contributed by atoms with Crippen molar-refractivity contribution < 1.29 is 19.4 Å². The third kappa shape index (κ3) is 4.31. The molecule has 1 aromatic heterocycles. The van der Waals surface area contributed by atoms with Gasteiger partial charge >= 0.3 is 5.97 Å². The average Bonchev–Trinajstić information content (AvgIpc) is 2.47. The van der Waals surface area contributed by atoms with Crippen molar-refractivity contribution in [3.63, 3.8) is 0 Å². The molecule has 6 heteroatoms. The van der Waals surface area contributed by atoms with E-state index in [0.29, 0.717) is 17.9 Å². The van der Waals surface area contributed by atoms with Gasteiger partial charge in [0.1, 0.15) is 17.2 Å². The normalized spacial score (nSPS) is 10.1. The molecule has 0 aliphatic carbocycles. The number of hydrogen-bond acceptors (Lipinski definition) is 4. The zero-order valence-electron chi connectivity index (χ0n) is 11.2. The van der Waals surface area contributed by atoms with Crippen molar-refractivity contribution in [2.24, 2.45) is 5.73 Å². The van der Waals surface area contributed by atoms with E-state index in [1.807, 2.05) is 0 Å². The van der Waals surface area contributed by atoms with Gasteiger partial charge in [-0.25, -0.2) is 0 Å². The monoisotopic (exact) mass is 286 g/mol. The van der Waals surface area contributed by atoms with Crippen LogP contribution in [0.3, 0.4) is 0 Å². The summed E-state index contributed by atoms with van der Waals surface area (Å²) in [6.45, 7) is 0. The standard InChI is InChI=1S/C15H14N2O4/c16-15(20)13-9-12(7-8-17-13)21-11-4-1-10(2-5-11)3-6-14(18)19/h1-2,4-5,7-9H,3,6H2,(H2,16,20)(H,18,19). The Labute approximate surface area is 121 Å². The lowest BCUT2D eigenvalue weighted by Crippen LogP contribution is -2.12. The fourth-order valence-corrected chi connectivity index (χ4v) is 1.72. The number of carbonyl (C=O) groups is 2. The van der Waals surface area contributed by atoms with Crippen molar-refractivity contribution >= 4 is 11.9 Å². The molecule has 21 heavy (non-hydrogen) atoms. The van der Waals surface area contributed by atoms with E-state index in [2.05, 4.69) is 4.98 Å². The first-order valence-electron chi connectivity index (χ1n) is 6.29. The molecule has 0 aliphatic rings. The van der Waals surface area contributed by atoms with Crippen LogP contribution in [0.5, 0.6) is 11.5 Å². The summed E-state index contributed by atoms with van der Waals surface area (Å²) in [6, 6.07) is 10.2. The Balaban J connectivity index is 2.04. The molecule has 0 radical (unpaired) electrons. The van der Waals surface area contributed by atoms with E-state index >= 15 is 0 Å². The van der Waals surface area contributed by atoms with Gasteiger partial charge in [0.25, 0.3) is 5.91 Å². The predicted molar refractivity (Wildman–Crippen MR) is 75.2 cm³/mol. The van der Waals surface area contributed by atoms with E-state index in [-0.39, 0.29) is 12.1 Å². The van der Waals surface area contributed by atoms with E-state index in [4.69, 9.17) is 15.6 Å². The van der Waals surface area contributed by atoms with Crippen molar-refractivity contribution in [1.29, 1.82) is 0 Å². The number of carboxylic acids is 1. The molecule has 0 aliphatic heterocycles. The number of rotatable bonds is 6. The third-order valence-corrected chi connectivity index (χ3v) is 2.77. The number of benzene rings is 1. The second kappa shape index (κ2) is 6.51. The van der Waals surface area contributed by atoms with Gasteiger partial charge in [0, 0.05) is 18.7 Å². The number of aryl methyl sites for hydroxylation is 1. The van der Waals surface area contributed by atoms with Gasteiger partial charge < -0.3 is 15.6 Å². The van der Waals surface area contributed by atoms with Crippen LogP contribution >= 0.6 is 0 Å². The minimum atomic E-state index is -0.828. The molecule has 0 saturated heterocycles. The molecule has 108 valence electrons. The second-order valence-corrected chi connectivity index (χ2v) is 4.38. The molecule has 1 aromatic carbocycles. The molecule has 0 saturated carbocycles. The highest BCUT2D eigenvalue weighted by Gasteiger charge is 2.05. The van der Waals surface area contributed by atoms with E-state index in [1.165, 1.54) is 12.3 Å². The first kappa shape index (κ1) is 14.5. The van der Waals surface area contributed by atoms with Crippen LogP contribution in [0, 0.1) is 0 Å². The molecule has 0 atom stereocenters. The van der Waals surface area contributed by atoms with Gasteiger partial charge in [-0.05, 0) is 30.2 Å². The summed E-state index contributed by atoms with van der Waals surface area (Å²) in [7, 11) is 0. The Morgan fingerprint density at radius 1 is 1.14 bits per heavy atom. The lowest BCUT2D eigenvalue weighted by Gasteiger charge is -2.07. The highest BCUT2D eigenvalue weighted by Crippen LogP contribution is 2.22. The Kier molecular flexibility index (Phi) is 4.50. The van der Waals surface area contributed by atoms with Gasteiger partial charge in [-0.1, -0.05) is 12.1 Å². The molecular formula is C15H14N2O4. The number of pyridine rings is 1. The number of hydrogen-bond donors (Lipinski definition) is 2. The van der Waals surface area contributed by atoms with Crippen LogP contribution in [-0.2, 0) is 11.2 Å². The minimum absolute atomic E-state index is 0.0898. The van der Waals surface area contributed by atoms with Crippen LogP contribution in [0.25, 0.3) is 0 Å². The molecule has 0 fully saturated rings. The zero-order chi connectivity index (χ0) is 15.2. The predicted octanol–water partition coefficient (Wildman–Crippen LogP) is 1.99. The number of amides is 1. The van der Waals surface area contributed by atoms with E-state index in [1.54, 1.807) is 30.3 Å². The lowest BCUT2D eigenvalue weighted by molar-refractivity contribution is -0.136. The topological polar surface area (TPSA) is 103 Å². The van der Waals surface area contributed by atoms with Crippen molar-refractivity contribution in [3.8, 4) is 11.5 Å². The van der Waals surface area contributed by atoms with Crippen molar-refractivity contribution in [1.82, 2.24) is 4.98 Å². The highest BCUT2D eigenvalue weighted by atomic mass is 16.5. The van der Waals surface area contributed by atoms with Crippen LogP contribution in [-0.4, -0.2) is 22.0 Å². The first-order chi connectivity index (χ1) is 10.0. The fraction of sp³-hybridized carbons (Fsp3) is 0.133. The van der Waals surface area contributed by atoms with Gasteiger partial charge in [0.2, 0.25) is 0 Å². The SMILES string of the molecule is NC(=O)c1cc(Oc2ccc(CCC(=O)O)cc2)ccn1. The summed E-state index contributed by atoms with van der Waals surface area (Å²) in [5.74, 6) is -0.414. The van der Waals surface area contributed by atoms with Gasteiger partial charge in [-0.15, -0.1) is 0 Å². The zero-order valence-corrected chi connectivity index (χ0v) is 11.2. The molecule has 1 heterocycles.